The Bertz CT molecular complexity index is 439. The molecule has 0 bridgehead atoms. The minimum absolute atomic E-state index is 0.246. The minimum Gasteiger partial charge on any atom is -0.463 e. The number of benzene rings is 1. The zero-order chi connectivity index (χ0) is 14.7. The average molecular weight is 276 g/mol. The molecule has 1 aromatic rings. The van der Waals surface area contributed by atoms with Gasteiger partial charge in [0, 0.05) is 5.56 Å². The van der Waals surface area contributed by atoms with Gasteiger partial charge in [-0.3, -0.25) is 0 Å². The summed E-state index contributed by atoms with van der Waals surface area (Å²) in [5.41, 5.74) is -3.37. The smallest absolute Gasteiger partial charge is 0.432 e. The predicted octanol–water partition coefficient (Wildman–Crippen LogP) is 2.56. The Balaban J connectivity index is 3.27. The highest BCUT2D eigenvalue weighted by Gasteiger charge is 2.62. The van der Waals surface area contributed by atoms with E-state index in [0.29, 0.717) is 6.42 Å². The maximum atomic E-state index is 13.0. The summed E-state index contributed by atoms with van der Waals surface area (Å²) < 4.78 is 43.3. The largest absolute Gasteiger partial charge is 0.463 e. The summed E-state index contributed by atoms with van der Waals surface area (Å²) in [6.07, 6.45) is -4.50. The van der Waals surface area contributed by atoms with Crippen molar-refractivity contribution >= 4 is 5.97 Å². The first-order chi connectivity index (χ1) is 8.77. The summed E-state index contributed by atoms with van der Waals surface area (Å²) in [5, 5.41) is 9.78. The number of ether oxygens (including phenoxy) is 1. The van der Waals surface area contributed by atoms with Crippen LogP contribution < -0.4 is 0 Å². The molecule has 0 radical (unpaired) electrons. The van der Waals surface area contributed by atoms with Crippen molar-refractivity contribution in [3.05, 3.63) is 35.4 Å². The average Bonchev–Trinajstić information content (AvgIpc) is 2.36. The van der Waals surface area contributed by atoms with Gasteiger partial charge in [0.2, 0.25) is 0 Å². The molecule has 0 aliphatic rings. The van der Waals surface area contributed by atoms with E-state index >= 15 is 0 Å². The Labute approximate surface area is 109 Å². The van der Waals surface area contributed by atoms with E-state index in [1.165, 1.54) is 19.1 Å². The highest BCUT2D eigenvalue weighted by atomic mass is 19.4. The van der Waals surface area contributed by atoms with Gasteiger partial charge in [0.05, 0.1) is 6.61 Å². The third-order valence-corrected chi connectivity index (χ3v) is 2.76. The van der Waals surface area contributed by atoms with Crippen LogP contribution in [0.5, 0.6) is 0 Å². The van der Waals surface area contributed by atoms with Gasteiger partial charge in [0.1, 0.15) is 0 Å². The second kappa shape index (κ2) is 5.61. The van der Waals surface area contributed by atoms with Crippen molar-refractivity contribution < 1.29 is 27.8 Å². The van der Waals surface area contributed by atoms with E-state index in [0.717, 1.165) is 17.7 Å². The van der Waals surface area contributed by atoms with E-state index < -0.39 is 23.3 Å². The molecule has 0 saturated carbocycles. The van der Waals surface area contributed by atoms with Gasteiger partial charge >= 0.3 is 12.1 Å². The van der Waals surface area contributed by atoms with Crippen molar-refractivity contribution in [2.45, 2.75) is 32.0 Å². The van der Waals surface area contributed by atoms with E-state index in [1.807, 2.05) is 6.92 Å². The molecule has 6 heteroatoms. The molecule has 19 heavy (non-hydrogen) atoms. The first-order valence-corrected chi connectivity index (χ1v) is 5.83. The van der Waals surface area contributed by atoms with Crippen LogP contribution in [0.2, 0.25) is 0 Å². The Hall–Kier alpha value is -1.56. The summed E-state index contributed by atoms with van der Waals surface area (Å²) >= 11 is 0. The van der Waals surface area contributed by atoms with E-state index in [-0.39, 0.29) is 6.61 Å². The van der Waals surface area contributed by atoms with Gasteiger partial charge in [0.15, 0.2) is 0 Å². The molecule has 0 saturated heterocycles. The van der Waals surface area contributed by atoms with E-state index in [9.17, 15) is 23.1 Å². The molecule has 0 spiro atoms. The molecule has 1 N–H and O–H groups in total. The lowest BCUT2D eigenvalue weighted by molar-refractivity contribution is -0.267. The molecule has 0 aliphatic heterocycles. The van der Waals surface area contributed by atoms with Crippen LogP contribution in [0.15, 0.2) is 24.3 Å². The molecule has 106 valence electrons. The zero-order valence-electron chi connectivity index (χ0n) is 10.6. The van der Waals surface area contributed by atoms with Crippen molar-refractivity contribution in [1.82, 2.24) is 0 Å². The predicted molar refractivity (Wildman–Crippen MR) is 62.4 cm³/mol. The molecule has 0 unspecified atom stereocenters. The third kappa shape index (κ3) is 2.89. The Kier molecular flexibility index (Phi) is 4.57. The second-order valence-electron chi connectivity index (χ2n) is 3.98. The van der Waals surface area contributed by atoms with Crippen LogP contribution >= 0.6 is 0 Å². The fraction of sp³-hybridized carbons (Fsp3) is 0.462. The van der Waals surface area contributed by atoms with Gasteiger partial charge in [-0.1, -0.05) is 31.2 Å². The molecule has 0 heterocycles. The van der Waals surface area contributed by atoms with E-state index in [1.54, 1.807) is 0 Å². The van der Waals surface area contributed by atoms with Crippen molar-refractivity contribution in [2.24, 2.45) is 0 Å². The van der Waals surface area contributed by atoms with Crippen LogP contribution in [0.4, 0.5) is 13.2 Å². The summed E-state index contributed by atoms with van der Waals surface area (Å²) in [4.78, 5) is 11.5. The summed E-state index contributed by atoms with van der Waals surface area (Å²) in [5.74, 6) is -1.72. The summed E-state index contributed by atoms with van der Waals surface area (Å²) in [6, 6.07) is 5.04. The molecule has 0 amide bonds. The van der Waals surface area contributed by atoms with Crippen LogP contribution in [0.25, 0.3) is 0 Å². The Morgan fingerprint density at radius 2 is 1.74 bits per heavy atom. The maximum Gasteiger partial charge on any atom is 0.432 e. The lowest BCUT2D eigenvalue weighted by Crippen LogP contribution is -2.50. The number of carbonyl (C=O) groups excluding carboxylic acids is 1. The molecule has 0 aliphatic carbocycles. The number of hydrogen-bond donors (Lipinski definition) is 1. The third-order valence-electron chi connectivity index (χ3n) is 2.76. The highest BCUT2D eigenvalue weighted by Crippen LogP contribution is 2.40. The normalized spacial score (nSPS) is 14.8. The lowest BCUT2D eigenvalue weighted by atomic mass is 9.92. The van der Waals surface area contributed by atoms with Crippen molar-refractivity contribution in [1.29, 1.82) is 0 Å². The van der Waals surface area contributed by atoms with Crippen molar-refractivity contribution in [3.63, 3.8) is 0 Å². The molecule has 1 atom stereocenters. The molecule has 1 rings (SSSR count). The Morgan fingerprint density at radius 3 is 2.11 bits per heavy atom. The number of hydrogen-bond acceptors (Lipinski definition) is 3. The molecule has 3 nitrogen and oxygen atoms in total. The quantitative estimate of drug-likeness (QED) is 0.860. The molecule has 0 fully saturated rings. The van der Waals surface area contributed by atoms with Gasteiger partial charge in [-0.2, -0.15) is 13.2 Å². The fourth-order valence-corrected chi connectivity index (χ4v) is 1.61. The van der Waals surface area contributed by atoms with Crippen LogP contribution in [-0.4, -0.2) is 23.9 Å². The maximum absolute atomic E-state index is 13.0. The van der Waals surface area contributed by atoms with E-state index in [4.69, 9.17) is 0 Å². The van der Waals surface area contributed by atoms with Crippen LogP contribution in [-0.2, 0) is 21.6 Å². The van der Waals surface area contributed by atoms with Crippen LogP contribution in [0.1, 0.15) is 25.0 Å². The molecular weight excluding hydrogens is 261 g/mol. The highest BCUT2D eigenvalue weighted by molar-refractivity contribution is 5.82. The monoisotopic (exact) mass is 276 g/mol. The zero-order valence-corrected chi connectivity index (χ0v) is 10.6. The SMILES string of the molecule is CCOC(=O)[C@](O)(c1ccc(CC)cc1)C(F)(F)F. The van der Waals surface area contributed by atoms with E-state index in [2.05, 4.69) is 4.74 Å². The topological polar surface area (TPSA) is 46.5 Å². The standard InChI is InChI=1S/C13H15F3O3/c1-3-9-5-7-10(8-6-9)12(18,13(14,15)16)11(17)19-4-2/h5-8,18H,3-4H2,1-2H3/t12-/m1/s1. The summed E-state index contributed by atoms with van der Waals surface area (Å²) in [7, 11) is 0. The first kappa shape index (κ1) is 15.5. The Morgan fingerprint density at radius 1 is 1.21 bits per heavy atom. The number of aliphatic hydroxyl groups is 1. The van der Waals surface area contributed by atoms with Gasteiger partial charge in [0.25, 0.3) is 5.60 Å². The number of carbonyl (C=O) groups is 1. The number of rotatable bonds is 4. The van der Waals surface area contributed by atoms with Crippen LogP contribution in [0.3, 0.4) is 0 Å². The van der Waals surface area contributed by atoms with Gasteiger partial charge < -0.3 is 9.84 Å². The first-order valence-electron chi connectivity index (χ1n) is 5.83. The number of esters is 1. The summed E-state index contributed by atoms with van der Waals surface area (Å²) in [6.45, 7) is 2.97. The second-order valence-corrected chi connectivity index (χ2v) is 3.98. The van der Waals surface area contributed by atoms with Gasteiger partial charge in [-0.05, 0) is 18.9 Å². The van der Waals surface area contributed by atoms with Gasteiger partial charge in [-0.25, -0.2) is 4.79 Å². The number of alkyl halides is 3. The fourth-order valence-electron chi connectivity index (χ4n) is 1.61. The van der Waals surface area contributed by atoms with Crippen molar-refractivity contribution in [3.8, 4) is 0 Å². The van der Waals surface area contributed by atoms with Crippen LogP contribution in [0, 0.1) is 0 Å². The van der Waals surface area contributed by atoms with Crippen molar-refractivity contribution in [2.75, 3.05) is 6.61 Å². The molecule has 1 aromatic carbocycles. The van der Waals surface area contributed by atoms with Gasteiger partial charge in [-0.15, -0.1) is 0 Å². The lowest BCUT2D eigenvalue weighted by Gasteiger charge is -2.28. The molecule has 0 aromatic heterocycles. The number of halogens is 3. The number of aryl methyl sites for hydroxylation is 1. The minimum atomic E-state index is -5.15. The molecular formula is C13H15F3O3.